The van der Waals surface area contributed by atoms with E-state index < -0.39 is 0 Å². The van der Waals surface area contributed by atoms with Crippen LogP contribution in [0.5, 0.6) is 0 Å². The van der Waals surface area contributed by atoms with Crippen LogP contribution in [0.3, 0.4) is 0 Å². The fraction of sp³-hybridized carbons (Fsp3) is 0.273. The van der Waals surface area contributed by atoms with E-state index in [1.54, 1.807) is 7.11 Å². The molecule has 0 saturated heterocycles. The maximum atomic E-state index is 4.85. The SMILES string of the molecule is C=C(NNCc1ccc(NC)cc1)OC. The molecule has 4 nitrogen and oxygen atoms in total. The first-order chi connectivity index (χ1) is 7.26. The molecule has 0 amide bonds. The average Bonchev–Trinajstić information content (AvgIpc) is 2.29. The maximum Gasteiger partial charge on any atom is 0.193 e. The third-order valence-corrected chi connectivity index (χ3v) is 2.01. The Balaban J connectivity index is 2.34. The molecule has 0 aliphatic heterocycles. The van der Waals surface area contributed by atoms with Crippen LogP contribution in [0.25, 0.3) is 0 Å². The summed E-state index contributed by atoms with van der Waals surface area (Å²) in [4.78, 5) is 0. The van der Waals surface area contributed by atoms with Gasteiger partial charge in [0.2, 0.25) is 0 Å². The zero-order chi connectivity index (χ0) is 11.1. The number of hydrazine groups is 1. The van der Waals surface area contributed by atoms with E-state index in [4.69, 9.17) is 4.74 Å². The summed E-state index contributed by atoms with van der Waals surface area (Å²) in [5, 5.41) is 3.07. The van der Waals surface area contributed by atoms with Gasteiger partial charge in [-0.25, -0.2) is 5.43 Å². The molecule has 0 aliphatic rings. The molecule has 1 aromatic rings. The summed E-state index contributed by atoms with van der Waals surface area (Å²) in [5.41, 5.74) is 8.11. The Hall–Kier alpha value is -1.68. The molecule has 0 radical (unpaired) electrons. The Morgan fingerprint density at radius 2 is 2.00 bits per heavy atom. The molecule has 0 heterocycles. The molecule has 3 N–H and O–H groups in total. The molecule has 1 aromatic carbocycles. The van der Waals surface area contributed by atoms with Gasteiger partial charge in [-0.3, -0.25) is 5.43 Å². The lowest BCUT2D eigenvalue weighted by molar-refractivity contribution is 0.249. The molecule has 0 aromatic heterocycles. The first kappa shape index (κ1) is 11.4. The molecular formula is C11H17N3O. The monoisotopic (exact) mass is 207 g/mol. The van der Waals surface area contributed by atoms with E-state index in [1.807, 2.05) is 19.2 Å². The molecule has 1 rings (SSSR count). The fourth-order valence-electron chi connectivity index (χ4n) is 1.09. The van der Waals surface area contributed by atoms with Gasteiger partial charge in [-0.2, -0.15) is 0 Å². The smallest absolute Gasteiger partial charge is 0.193 e. The number of hydrogen-bond acceptors (Lipinski definition) is 4. The van der Waals surface area contributed by atoms with Gasteiger partial charge in [-0.05, 0) is 24.3 Å². The fourth-order valence-corrected chi connectivity index (χ4v) is 1.09. The summed E-state index contributed by atoms with van der Waals surface area (Å²) in [7, 11) is 3.47. The number of hydrogen-bond donors (Lipinski definition) is 3. The largest absolute Gasteiger partial charge is 0.482 e. The first-order valence-electron chi connectivity index (χ1n) is 4.74. The molecule has 0 spiro atoms. The van der Waals surface area contributed by atoms with Gasteiger partial charge in [0.25, 0.3) is 0 Å². The molecule has 4 heteroatoms. The second-order valence-electron chi connectivity index (χ2n) is 3.05. The van der Waals surface area contributed by atoms with Crippen molar-refractivity contribution in [2.45, 2.75) is 6.54 Å². The van der Waals surface area contributed by atoms with E-state index in [0.717, 1.165) is 5.69 Å². The van der Waals surface area contributed by atoms with Crippen molar-refractivity contribution >= 4 is 5.69 Å². The number of methoxy groups -OCH3 is 1. The molecule has 82 valence electrons. The van der Waals surface area contributed by atoms with Gasteiger partial charge >= 0.3 is 0 Å². The van der Waals surface area contributed by atoms with Crippen LogP contribution in [0.15, 0.2) is 36.7 Å². The van der Waals surface area contributed by atoms with Crippen LogP contribution in [-0.4, -0.2) is 14.2 Å². The van der Waals surface area contributed by atoms with Crippen molar-refractivity contribution < 1.29 is 4.74 Å². The van der Waals surface area contributed by atoms with Gasteiger partial charge in [0.1, 0.15) is 0 Å². The standard InChI is InChI=1S/C11H17N3O/c1-9(15-3)14-13-8-10-4-6-11(12-2)7-5-10/h4-7,12-14H,1,8H2,2-3H3. The quantitative estimate of drug-likeness (QED) is 0.488. The van der Waals surface area contributed by atoms with Crippen LogP contribution in [0.2, 0.25) is 0 Å². The van der Waals surface area contributed by atoms with Gasteiger partial charge in [0.05, 0.1) is 7.11 Å². The normalized spacial score (nSPS) is 9.47. The second kappa shape index (κ2) is 5.93. The summed E-state index contributed by atoms with van der Waals surface area (Å²) in [6.07, 6.45) is 0. The molecule has 0 unspecified atom stereocenters. The van der Waals surface area contributed by atoms with Crippen molar-refractivity contribution in [2.75, 3.05) is 19.5 Å². The minimum absolute atomic E-state index is 0.502. The maximum absolute atomic E-state index is 4.85. The van der Waals surface area contributed by atoms with E-state index in [0.29, 0.717) is 12.4 Å². The van der Waals surface area contributed by atoms with Crippen molar-refractivity contribution in [2.24, 2.45) is 0 Å². The van der Waals surface area contributed by atoms with Gasteiger partial charge in [-0.1, -0.05) is 12.1 Å². The van der Waals surface area contributed by atoms with Crippen LogP contribution in [-0.2, 0) is 11.3 Å². The van der Waals surface area contributed by atoms with Crippen LogP contribution in [0.1, 0.15) is 5.56 Å². The highest BCUT2D eigenvalue weighted by Crippen LogP contribution is 2.07. The van der Waals surface area contributed by atoms with Crippen LogP contribution in [0.4, 0.5) is 5.69 Å². The summed E-state index contributed by atoms with van der Waals surface area (Å²) in [6, 6.07) is 8.16. The van der Waals surface area contributed by atoms with Gasteiger partial charge in [-0.15, -0.1) is 0 Å². The Morgan fingerprint density at radius 1 is 1.33 bits per heavy atom. The average molecular weight is 207 g/mol. The zero-order valence-electron chi connectivity index (χ0n) is 9.13. The van der Waals surface area contributed by atoms with Gasteiger partial charge in [0, 0.05) is 19.3 Å². The topological polar surface area (TPSA) is 45.3 Å². The molecule has 0 atom stereocenters. The summed E-state index contributed by atoms with van der Waals surface area (Å²) in [6.45, 7) is 4.34. The molecule has 15 heavy (non-hydrogen) atoms. The summed E-state index contributed by atoms with van der Waals surface area (Å²) >= 11 is 0. The number of ether oxygens (including phenoxy) is 1. The summed E-state index contributed by atoms with van der Waals surface area (Å²) < 4.78 is 4.85. The first-order valence-corrected chi connectivity index (χ1v) is 4.74. The Labute approximate surface area is 90.3 Å². The lowest BCUT2D eigenvalue weighted by Gasteiger charge is -2.09. The molecule has 0 bridgehead atoms. The number of rotatable bonds is 6. The van der Waals surface area contributed by atoms with Gasteiger partial charge in [0.15, 0.2) is 5.88 Å². The van der Waals surface area contributed by atoms with Crippen molar-refractivity contribution in [1.82, 2.24) is 10.9 Å². The van der Waals surface area contributed by atoms with Crippen molar-refractivity contribution in [3.63, 3.8) is 0 Å². The van der Waals surface area contributed by atoms with Crippen LogP contribution in [0, 0.1) is 0 Å². The van der Waals surface area contributed by atoms with Gasteiger partial charge < -0.3 is 10.1 Å². The van der Waals surface area contributed by atoms with E-state index in [9.17, 15) is 0 Å². The highest BCUT2D eigenvalue weighted by Gasteiger charge is 1.93. The van der Waals surface area contributed by atoms with Crippen molar-refractivity contribution in [3.05, 3.63) is 42.3 Å². The Bertz CT molecular complexity index is 308. The number of benzene rings is 1. The second-order valence-corrected chi connectivity index (χ2v) is 3.05. The van der Waals surface area contributed by atoms with E-state index in [2.05, 4.69) is 34.9 Å². The zero-order valence-corrected chi connectivity index (χ0v) is 9.13. The van der Waals surface area contributed by atoms with E-state index in [-0.39, 0.29) is 0 Å². The molecular weight excluding hydrogens is 190 g/mol. The summed E-state index contributed by atoms with van der Waals surface area (Å²) in [5.74, 6) is 0.502. The third kappa shape index (κ3) is 3.91. The van der Waals surface area contributed by atoms with Crippen molar-refractivity contribution in [1.29, 1.82) is 0 Å². The minimum atomic E-state index is 0.502. The lowest BCUT2D eigenvalue weighted by atomic mass is 10.2. The molecule has 0 saturated carbocycles. The highest BCUT2D eigenvalue weighted by molar-refractivity contribution is 5.43. The van der Waals surface area contributed by atoms with Crippen molar-refractivity contribution in [3.8, 4) is 0 Å². The Kier molecular flexibility index (Phi) is 4.50. The minimum Gasteiger partial charge on any atom is -0.482 e. The number of anilines is 1. The Morgan fingerprint density at radius 3 is 2.53 bits per heavy atom. The lowest BCUT2D eigenvalue weighted by Crippen LogP contribution is -2.30. The highest BCUT2D eigenvalue weighted by atomic mass is 16.5. The van der Waals surface area contributed by atoms with Crippen LogP contribution >= 0.6 is 0 Å². The molecule has 0 fully saturated rings. The number of nitrogens with one attached hydrogen (secondary N) is 3. The predicted octanol–water partition coefficient (Wildman–Crippen LogP) is 1.44. The van der Waals surface area contributed by atoms with E-state index >= 15 is 0 Å². The van der Waals surface area contributed by atoms with Crippen LogP contribution < -0.4 is 16.2 Å². The predicted molar refractivity (Wildman–Crippen MR) is 62.1 cm³/mol. The third-order valence-electron chi connectivity index (χ3n) is 2.01. The van der Waals surface area contributed by atoms with E-state index in [1.165, 1.54) is 5.56 Å². The molecule has 0 aliphatic carbocycles.